The Morgan fingerprint density at radius 2 is 2.10 bits per heavy atom. The zero-order valence-corrected chi connectivity index (χ0v) is 9.65. The summed E-state index contributed by atoms with van der Waals surface area (Å²) in [4.78, 5) is 10.9. The monoisotopic (exact) mass is 218 g/mol. The average molecular weight is 218 g/mol. The Balaban J connectivity index is 3.05. The van der Waals surface area contributed by atoms with Crippen LogP contribution in [0.2, 0.25) is 3.23 Å². The van der Waals surface area contributed by atoms with E-state index in [2.05, 4.69) is 9.37 Å². The summed E-state index contributed by atoms with van der Waals surface area (Å²) in [6, 6.07) is 0. The molecule has 0 unspecified atom stereocenters. The molecule has 0 rings (SSSR count). The molecule has 1 amide bonds. The topological polar surface area (TPSA) is 29.1 Å². The van der Waals surface area contributed by atoms with E-state index in [9.17, 15) is 4.79 Å². The van der Waals surface area contributed by atoms with Gasteiger partial charge < -0.3 is 0 Å². The second-order valence-electron chi connectivity index (χ2n) is 2.31. The predicted octanol–water partition coefficient (Wildman–Crippen LogP) is 1.73. The Bertz CT molecular complexity index is 95.6. The molecule has 0 aliphatic carbocycles. The summed E-state index contributed by atoms with van der Waals surface area (Å²) in [5.74, 6) is 0.275. The third-order valence-electron chi connectivity index (χ3n) is 1.17. The Hall–Kier alpha value is 0.574. The maximum absolute atomic E-state index is 10.9. The van der Waals surface area contributed by atoms with Crippen LogP contribution in [0.25, 0.3) is 0 Å². The van der Waals surface area contributed by atoms with Crippen molar-refractivity contribution in [1.82, 2.24) is 2.45 Å². The first-order chi connectivity index (χ1) is 4.81. The summed E-state index contributed by atoms with van der Waals surface area (Å²) in [5.41, 5.74) is 0. The average Bonchev–Trinajstić information content (AvgIpc) is 1.89. The van der Waals surface area contributed by atoms with Crippen LogP contribution in [0, 0.1) is 0 Å². The Morgan fingerprint density at radius 1 is 1.40 bits per heavy atom. The summed E-state index contributed by atoms with van der Waals surface area (Å²) in [7, 11) is 0. The molecule has 0 aliphatic rings. The molecule has 0 saturated carbocycles. The number of hydrogen-bond acceptors (Lipinski definition) is 1. The molecule has 0 radical (unpaired) electrons. The van der Waals surface area contributed by atoms with E-state index in [4.69, 9.17) is 0 Å². The van der Waals surface area contributed by atoms with Gasteiger partial charge in [0, 0.05) is 0 Å². The zero-order valence-electron chi connectivity index (χ0n) is 6.81. The van der Waals surface area contributed by atoms with Crippen LogP contribution in [0.4, 0.5) is 0 Å². The summed E-state index contributed by atoms with van der Waals surface area (Å²) >= 11 is -0.660. The van der Waals surface area contributed by atoms with E-state index in [-0.39, 0.29) is 5.91 Å². The van der Waals surface area contributed by atoms with E-state index < -0.39 is 29.5 Å². The zero-order chi connectivity index (χ0) is 7.82. The van der Waals surface area contributed by atoms with Gasteiger partial charge in [-0.1, -0.05) is 0 Å². The van der Waals surface area contributed by atoms with Crippen LogP contribution >= 0.6 is 0 Å². The van der Waals surface area contributed by atoms with Gasteiger partial charge in [0.1, 0.15) is 0 Å². The normalized spacial score (nSPS) is 8.60. The Kier molecular flexibility index (Phi) is 8.12. The standard InChI is InChI=1S/C4H9NO.C3H7.Y/c1-2-3-4(5)6;1-3-2;/h2-3H2,1H3,(H2,5,6);1,3H2,2H3;/q;;+1/p-1. The van der Waals surface area contributed by atoms with Gasteiger partial charge >= 0.3 is 79.0 Å². The van der Waals surface area contributed by atoms with Crippen molar-refractivity contribution in [3.63, 3.8) is 0 Å². The first-order valence-corrected chi connectivity index (χ1v) is 7.34. The van der Waals surface area contributed by atoms with Crippen LogP contribution in [0.1, 0.15) is 33.1 Å². The minimum atomic E-state index is -0.660. The molecular weight excluding hydrogens is 203 g/mol. The van der Waals surface area contributed by atoms with Crippen LogP contribution in [0.3, 0.4) is 0 Å². The number of hydrogen-bond donors (Lipinski definition) is 1. The number of carbonyl (C=O) groups is 1. The molecule has 0 aromatic carbocycles. The van der Waals surface area contributed by atoms with Crippen LogP contribution in [-0.2, 0) is 34.3 Å². The third-order valence-corrected chi connectivity index (χ3v) is 4.60. The van der Waals surface area contributed by atoms with Crippen LogP contribution < -0.4 is 2.45 Å². The molecule has 2 nitrogen and oxygen atoms in total. The SMILES string of the molecule is CC[CH2][Y][NH]C(=O)CCC. The van der Waals surface area contributed by atoms with Crippen molar-refractivity contribution < 1.29 is 34.3 Å². The van der Waals surface area contributed by atoms with Crippen LogP contribution in [0.15, 0.2) is 0 Å². The molecule has 0 spiro atoms. The van der Waals surface area contributed by atoms with Gasteiger partial charge in [-0.3, -0.25) is 0 Å². The molecule has 57 valence electrons. The predicted molar refractivity (Wildman–Crippen MR) is 38.1 cm³/mol. The second kappa shape index (κ2) is 7.68. The second-order valence-corrected chi connectivity index (χ2v) is 5.44. The fourth-order valence-electron chi connectivity index (χ4n) is 0.630. The summed E-state index contributed by atoms with van der Waals surface area (Å²) in [5, 5.41) is 0. The van der Waals surface area contributed by atoms with Crippen molar-refractivity contribution in [3.8, 4) is 0 Å². The van der Waals surface area contributed by atoms with Crippen molar-refractivity contribution in [2.45, 2.75) is 36.3 Å². The van der Waals surface area contributed by atoms with E-state index in [0.29, 0.717) is 0 Å². The fraction of sp³-hybridized carbons (Fsp3) is 0.857. The molecule has 0 heterocycles. The van der Waals surface area contributed by atoms with Gasteiger partial charge in [0.2, 0.25) is 0 Å². The van der Waals surface area contributed by atoms with Crippen molar-refractivity contribution in [2.75, 3.05) is 0 Å². The van der Waals surface area contributed by atoms with E-state index in [1.807, 2.05) is 6.92 Å². The van der Waals surface area contributed by atoms with Crippen LogP contribution in [0.5, 0.6) is 0 Å². The van der Waals surface area contributed by atoms with Crippen molar-refractivity contribution in [2.24, 2.45) is 0 Å². The maximum atomic E-state index is 10.9. The van der Waals surface area contributed by atoms with Gasteiger partial charge in [-0.15, -0.1) is 0 Å². The van der Waals surface area contributed by atoms with Gasteiger partial charge in [-0.05, 0) is 0 Å². The number of nitrogens with one attached hydrogen (secondary N) is 1. The van der Waals surface area contributed by atoms with E-state index in [1.54, 1.807) is 0 Å². The molecule has 0 saturated heterocycles. The molecule has 0 aromatic heterocycles. The molecule has 1 N–H and O–H groups in total. The van der Waals surface area contributed by atoms with Gasteiger partial charge in [-0.25, -0.2) is 0 Å². The van der Waals surface area contributed by atoms with Crippen LogP contribution in [-0.4, -0.2) is 5.91 Å². The van der Waals surface area contributed by atoms with Gasteiger partial charge in [-0.2, -0.15) is 0 Å². The quantitative estimate of drug-likeness (QED) is 0.699. The Labute approximate surface area is 78.7 Å². The number of rotatable bonds is 5. The van der Waals surface area contributed by atoms with Gasteiger partial charge in [0.15, 0.2) is 0 Å². The molecule has 0 atom stereocenters. The minimum absolute atomic E-state index is 0.275. The van der Waals surface area contributed by atoms with Crippen molar-refractivity contribution in [3.05, 3.63) is 0 Å². The van der Waals surface area contributed by atoms with Gasteiger partial charge in [0.25, 0.3) is 0 Å². The first kappa shape index (κ1) is 10.6. The summed E-state index contributed by atoms with van der Waals surface area (Å²) in [6.07, 6.45) is 2.92. The van der Waals surface area contributed by atoms with Gasteiger partial charge in [0.05, 0.1) is 0 Å². The summed E-state index contributed by atoms with van der Waals surface area (Å²) < 4.78 is 4.32. The molecule has 3 heteroatoms. The third kappa shape index (κ3) is 6.69. The van der Waals surface area contributed by atoms with Crippen molar-refractivity contribution >= 4 is 5.91 Å². The number of amides is 1. The Morgan fingerprint density at radius 3 is 2.60 bits per heavy atom. The summed E-state index contributed by atoms with van der Waals surface area (Å²) in [6.45, 7) is 4.20. The fourth-order valence-corrected chi connectivity index (χ4v) is 2.61. The first-order valence-electron chi connectivity index (χ1n) is 3.92. The van der Waals surface area contributed by atoms with E-state index in [0.717, 1.165) is 12.8 Å². The van der Waals surface area contributed by atoms with E-state index >= 15 is 0 Å². The molecule has 0 aromatic rings. The van der Waals surface area contributed by atoms with E-state index in [1.165, 1.54) is 9.65 Å². The molecule has 0 bridgehead atoms. The molecule has 0 aliphatic heterocycles. The number of carbonyl (C=O) groups excluding carboxylic acids is 1. The molecule has 10 heavy (non-hydrogen) atoms. The molecular formula is C7H15NOY. The molecule has 0 fully saturated rings. The van der Waals surface area contributed by atoms with Crippen molar-refractivity contribution in [1.29, 1.82) is 0 Å².